The number of para-hydroxylation sites is 1. The van der Waals surface area contributed by atoms with Gasteiger partial charge < -0.3 is 20.5 Å². The van der Waals surface area contributed by atoms with Crippen LogP contribution in [0.25, 0.3) is 0 Å². The number of allylic oxidation sites excluding steroid dienone is 1. The Kier molecular flexibility index (Phi) is 5.50. The number of nitrogens with one attached hydrogen (secondary N) is 2. The third-order valence-corrected chi connectivity index (χ3v) is 3.68. The normalized spacial score (nSPS) is 16.5. The lowest BCUT2D eigenvalue weighted by atomic mass is 10.1. The summed E-state index contributed by atoms with van der Waals surface area (Å²) in [7, 11) is 0. The van der Waals surface area contributed by atoms with Gasteiger partial charge in [-0.2, -0.15) is 0 Å². The van der Waals surface area contributed by atoms with E-state index in [1.165, 1.54) is 36.5 Å². The van der Waals surface area contributed by atoms with Gasteiger partial charge in [0.1, 0.15) is 11.7 Å². The lowest BCUT2D eigenvalue weighted by Gasteiger charge is -2.19. The zero-order valence-electron chi connectivity index (χ0n) is 14.9. The van der Waals surface area contributed by atoms with Crippen LogP contribution in [0.1, 0.15) is 6.92 Å². The number of hydrogen-bond acceptors (Lipinski definition) is 6. The lowest BCUT2D eigenvalue weighted by Crippen LogP contribution is -2.38. The van der Waals surface area contributed by atoms with Gasteiger partial charge in [-0.05, 0) is 37.3 Å². The van der Waals surface area contributed by atoms with Crippen LogP contribution in [0.4, 0.5) is 10.2 Å². The van der Waals surface area contributed by atoms with Crippen molar-refractivity contribution in [2.75, 3.05) is 5.32 Å². The topological polar surface area (TPSA) is 95.8 Å². The molecule has 28 heavy (non-hydrogen) atoms. The number of aromatic hydroxyl groups is 1. The number of halogens is 1. The fourth-order valence-corrected chi connectivity index (χ4v) is 2.34. The molecule has 0 aliphatic carbocycles. The molecule has 7 nitrogen and oxygen atoms in total. The van der Waals surface area contributed by atoms with Gasteiger partial charge >= 0.3 is 0 Å². The lowest BCUT2D eigenvalue weighted by molar-refractivity contribution is -0.118. The van der Waals surface area contributed by atoms with Crippen LogP contribution in [-0.4, -0.2) is 21.8 Å². The molecule has 2 heterocycles. The average molecular weight is 380 g/mol. The number of carbonyl (C=O) groups excluding carboxylic acids is 1. The summed E-state index contributed by atoms with van der Waals surface area (Å²) < 4.78 is 19.2. The van der Waals surface area contributed by atoms with Gasteiger partial charge in [0, 0.05) is 11.8 Å². The maximum Gasteiger partial charge on any atom is 0.292 e. The van der Waals surface area contributed by atoms with E-state index in [-0.39, 0.29) is 34.7 Å². The van der Waals surface area contributed by atoms with Gasteiger partial charge in [0.15, 0.2) is 28.9 Å². The van der Waals surface area contributed by atoms with E-state index in [0.29, 0.717) is 5.57 Å². The SMILES string of the molecule is C=C(/N=C1/NC(=O)C(Oc2ccccc2F)=C/C1=C/C)Nc1ncccc1O. The zero-order chi connectivity index (χ0) is 20.1. The number of benzene rings is 1. The number of rotatable bonds is 5. The Morgan fingerprint density at radius 1 is 1.36 bits per heavy atom. The molecule has 142 valence electrons. The Morgan fingerprint density at radius 2 is 2.14 bits per heavy atom. The van der Waals surface area contributed by atoms with E-state index >= 15 is 0 Å². The number of ether oxygens (including phenoxy) is 1. The second-order valence-corrected chi connectivity index (χ2v) is 5.64. The largest absolute Gasteiger partial charge is 0.504 e. The molecule has 0 atom stereocenters. The van der Waals surface area contributed by atoms with E-state index in [1.54, 1.807) is 25.1 Å². The van der Waals surface area contributed by atoms with Gasteiger partial charge in [-0.25, -0.2) is 14.4 Å². The number of aliphatic imine (C=N–C) groups is 1. The molecule has 1 amide bonds. The number of pyridine rings is 1. The van der Waals surface area contributed by atoms with Crippen molar-refractivity contribution in [3.8, 4) is 11.5 Å². The van der Waals surface area contributed by atoms with Crippen molar-refractivity contribution in [3.63, 3.8) is 0 Å². The molecule has 0 saturated heterocycles. The van der Waals surface area contributed by atoms with Gasteiger partial charge in [0.05, 0.1) is 0 Å². The standard InChI is InChI=1S/C20H17FN4O3/c1-3-13-11-17(28-16-9-5-4-7-14(16)21)20(27)25-18(13)23-12(2)24-19-15(26)8-6-10-22-19/h3-11,26H,2H2,1H3,(H,22,24)(H,23,25,27)/b13-3-. The third-order valence-electron chi connectivity index (χ3n) is 3.68. The molecule has 2 aromatic rings. The minimum absolute atomic E-state index is 0.0588. The fourth-order valence-electron chi connectivity index (χ4n) is 2.34. The Bertz CT molecular complexity index is 1030. The smallest absolute Gasteiger partial charge is 0.292 e. The van der Waals surface area contributed by atoms with Crippen LogP contribution in [0, 0.1) is 5.82 Å². The van der Waals surface area contributed by atoms with Gasteiger partial charge in [0.25, 0.3) is 5.91 Å². The van der Waals surface area contributed by atoms with Crippen molar-refractivity contribution in [2.24, 2.45) is 4.99 Å². The summed E-state index contributed by atoms with van der Waals surface area (Å²) in [6, 6.07) is 8.83. The highest BCUT2D eigenvalue weighted by Gasteiger charge is 2.24. The summed E-state index contributed by atoms with van der Waals surface area (Å²) in [6.45, 7) is 5.50. The molecule has 0 bridgehead atoms. The molecule has 1 aromatic carbocycles. The summed E-state index contributed by atoms with van der Waals surface area (Å²) in [5.74, 6) is -0.804. The van der Waals surface area contributed by atoms with Gasteiger partial charge in [-0.1, -0.05) is 24.8 Å². The minimum Gasteiger partial charge on any atom is -0.504 e. The molecule has 0 fully saturated rings. The van der Waals surface area contributed by atoms with Crippen LogP contribution >= 0.6 is 0 Å². The van der Waals surface area contributed by atoms with E-state index in [4.69, 9.17) is 4.74 Å². The first-order valence-electron chi connectivity index (χ1n) is 8.28. The summed E-state index contributed by atoms with van der Waals surface area (Å²) in [5.41, 5.74) is 0.541. The van der Waals surface area contributed by atoms with E-state index in [9.17, 15) is 14.3 Å². The van der Waals surface area contributed by atoms with Crippen LogP contribution in [0.2, 0.25) is 0 Å². The molecule has 1 aliphatic rings. The van der Waals surface area contributed by atoms with E-state index in [2.05, 4.69) is 27.2 Å². The Morgan fingerprint density at radius 3 is 2.86 bits per heavy atom. The number of anilines is 1. The summed E-state index contributed by atoms with van der Waals surface area (Å²) >= 11 is 0. The zero-order valence-corrected chi connectivity index (χ0v) is 14.9. The molecule has 1 aliphatic heterocycles. The van der Waals surface area contributed by atoms with Crippen LogP contribution in [-0.2, 0) is 4.79 Å². The maximum atomic E-state index is 13.8. The van der Waals surface area contributed by atoms with E-state index in [1.807, 2.05) is 0 Å². The Hall–Kier alpha value is -3.94. The van der Waals surface area contributed by atoms with Crippen molar-refractivity contribution in [3.05, 3.63) is 84.3 Å². The monoisotopic (exact) mass is 380 g/mol. The van der Waals surface area contributed by atoms with Crippen LogP contribution in [0.15, 0.2) is 83.5 Å². The molecule has 0 saturated carbocycles. The molecule has 3 N–H and O–H groups in total. The molecule has 0 radical (unpaired) electrons. The average Bonchev–Trinajstić information content (AvgIpc) is 2.67. The van der Waals surface area contributed by atoms with Crippen molar-refractivity contribution >= 4 is 17.6 Å². The quantitative estimate of drug-likeness (QED) is 0.740. The first-order valence-corrected chi connectivity index (χ1v) is 8.28. The van der Waals surface area contributed by atoms with Crippen molar-refractivity contribution in [2.45, 2.75) is 6.92 Å². The second-order valence-electron chi connectivity index (χ2n) is 5.64. The molecular weight excluding hydrogens is 363 g/mol. The van der Waals surface area contributed by atoms with E-state index < -0.39 is 11.7 Å². The predicted octanol–water partition coefficient (Wildman–Crippen LogP) is 3.25. The second kappa shape index (κ2) is 8.17. The highest BCUT2D eigenvalue weighted by Crippen LogP contribution is 2.23. The maximum absolute atomic E-state index is 13.8. The van der Waals surface area contributed by atoms with Crippen LogP contribution < -0.4 is 15.4 Å². The van der Waals surface area contributed by atoms with Crippen molar-refractivity contribution in [1.29, 1.82) is 0 Å². The number of carbonyl (C=O) groups is 1. The molecule has 0 unspecified atom stereocenters. The molecule has 1 aromatic heterocycles. The molecule has 3 rings (SSSR count). The van der Waals surface area contributed by atoms with Crippen LogP contribution in [0.5, 0.6) is 11.5 Å². The van der Waals surface area contributed by atoms with Crippen molar-refractivity contribution < 1.29 is 19.0 Å². The number of amidine groups is 1. The van der Waals surface area contributed by atoms with Gasteiger partial charge in [-0.3, -0.25) is 4.79 Å². The molecule has 0 spiro atoms. The van der Waals surface area contributed by atoms with Gasteiger partial charge in [0.2, 0.25) is 0 Å². The number of amides is 1. The third kappa shape index (κ3) is 4.24. The Balaban J connectivity index is 1.81. The Labute approximate surface area is 160 Å². The summed E-state index contributed by atoms with van der Waals surface area (Å²) in [4.78, 5) is 20.5. The molecular formula is C20H17FN4O3. The minimum atomic E-state index is -0.582. The highest BCUT2D eigenvalue weighted by molar-refractivity contribution is 6.17. The number of nitrogens with zero attached hydrogens (tertiary/aromatic N) is 2. The summed E-state index contributed by atoms with van der Waals surface area (Å²) in [6.07, 6.45) is 4.65. The van der Waals surface area contributed by atoms with Crippen LogP contribution in [0.3, 0.4) is 0 Å². The number of hydrogen-bond donors (Lipinski definition) is 3. The number of aromatic nitrogens is 1. The first kappa shape index (κ1) is 18.8. The van der Waals surface area contributed by atoms with E-state index in [0.717, 1.165) is 0 Å². The predicted molar refractivity (Wildman–Crippen MR) is 103 cm³/mol. The van der Waals surface area contributed by atoms with Gasteiger partial charge in [-0.15, -0.1) is 0 Å². The molecule has 8 heteroatoms. The summed E-state index contributed by atoms with van der Waals surface area (Å²) in [5, 5.41) is 15.1. The first-order chi connectivity index (χ1) is 13.5. The van der Waals surface area contributed by atoms with Crippen molar-refractivity contribution in [1.82, 2.24) is 10.3 Å². The highest BCUT2D eigenvalue weighted by atomic mass is 19.1. The fraction of sp³-hybridized carbons (Fsp3) is 0.0500.